The van der Waals surface area contributed by atoms with Gasteiger partial charge in [-0.05, 0) is 31.9 Å². The molecule has 98 valence electrons. The van der Waals surface area contributed by atoms with Crippen LogP contribution in [-0.4, -0.2) is 26.5 Å². The molecule has 5 heteroatoms. The van der Waals surface area contributed by atoms with Crippen molar-refractivity contribution in [2.75, 3.05) is 20.4 Å². The zero-order chi connectivity index (χ0) is 12.5. The van der Waals surface area contributed by atoms with E-state index in [1.54, 1.807) is 7.11 Å². The molecule has 0 aromatic heterocycles. The molecule has 0 aliphatic carbocycles. The molecule has 2 aliphatic heterocycles. The quantitative estimate of drug-likeness (QED) is 0.915. The Morgan fingerprint density at radius 2 is 2.39 bits per heavy atom. The van der Waals surface area contributed by atoms with Gasteiger partial charge in [0.05, 0.1) is 7.11 Å². The molecule has 1 N–H and O–H groups in total. The van der Waals surface area contributed by atoms with Crippen molar-refractivity contribution in [2.45, 2.75) is 25.3 Å². The summed E-state index contributed by atoms with van der Waals surface area (Å²) < 4.78 is 16.2. The topological polar surface area (TPSA) is 39.7 Å². The molecule has 1 saturated heterocycles. The van der Waals surface area contributed by atoms with Crippen molar-refractivity contribution >= 4 is 11.6 Å². The van der Waals surface area contributed by atoms with Gasteiger partial charge < -0.3 is 19.5 Å². The Balaban J connectivity index is 1.94. The highest BCUT2D eigenvalue weighted by Crippen LogP contribution is 2.46. The number of fused-ring (bicyclic) bond motifs is 1. The summed E-state index contributed by atoms with van der Waals surface area (Å²) >= 11 is 6.29. The number of rotatable bonds is 3. The van der Waals surface area contributed by atoms with Crippen LogP contribution in [0.15, 0.2) is 6.07 Å². The molecule has 4 nitrogen and oxygen atoms in total. The highest BCUT2D eigenvalue weighted by atomic mass is 35.5. The molecule has 3 rings (SSSR count). The summed E-state index contributed by atoms with van der Waals surface area (Å²) in [5, 5.41) is 3.99. The van der Waals surface area contributed by atoms with Crippen LogP contribution in [-0.2, 0) is 6.42 Å². The van der Waals surface area contributed by atoms with Gasteiger partial charge in [-0.25, -0.2) is 0 Å². The van der Waals surface area contributed by atoms with Crippen LogP contribution in [0, 0.1) is 0 Å². The first-order chi connectivity index (χ1) is 8.79. The lowest BCUT2D eigenvalue weighted by Crippen LogP contribution is -2.23. The van der Waals surface area contributed by atoms with Gasteiger partial charge in [-0.15, -0.1) is 0 Å². The van der Waals surface area contributed by atoms with Gasteiger partial charge in [0.25, 0.3) is 0 Å². The Bertz CT molecular complexity index is 458. The fourth-order valence-electron chi connectivity index (χ4n) is 2.60. The Kier molecular flexibility index (Phi) is 3.22. The molecule has 1 aromatic carbocycles. The zero-order valence-corrected chi connectivity index (χ0v) is 11.0. The monoisotopic (exact) mass is 269 g/mol. The fraction of sp³-hybridized carbons (Fsp3) is 0.538. The second-order valence-electron chi connectivity index (χ2n) is 4.61. The molecule has 0 saturated carbocycles. The summed E-state index contributed by atoms with van der Waals surface area (Å²) in [5.74, 6) is 2.01. The summed E-state index contributed by atoms with van der Waals surface area (Å²) in [6.45, 7) is 1.31. The van der Waals surface area contributed by atoms with Gasteiger partial charge in [0, 0.05) is 11.6 Å². The van der Waals surface area contributed by atoms with E-state index in [0.29, 0.717) is 28.3 Å². The Morgan fingerprint density at radius 1 is 1.50 bits per heavy atom. The van der Waals surface area contributed by atoms with Crippen molar-refractivity contribution in [2.24, 2.45) is 0 Å². The third kappa shape index (κ3) is 1.99. The van der Waals surface area contributed by atoms with Crippen LogP contribution in [0.3, 0.4) is 0 Å². The van der Waals surface area contributed by atoms with E-state index in [0.717, 1.165) is 18.5 Å². The predicted octanol–water partition coefficient (Wildman–Crippen LogP) is 2.37. The first-order valence-electron chi connectivity index (χ1n) is 6.18. The molecule has 0 radical (unpaired) electrons. The van der Waals surface area contributed by atoms with Gasteiger partial charge in [0.1, 0.15) is 10.8 Å². The molecule has 2 aliphatic rings. The molecular formula is C13H16ClNO3. The van der Waals surface area contributed by atoms with Crippen LogP contribution in [0.25, 0.3) is 0 Å². The first-order valence-corrected chi connectivity index (χ1v) is 6.55. The second-order valence-corrected chi connectivity index (χ2v) is 4.99. The maximum absolute atomic E-state index is 6.29. The lowest BCUT2D eigenvalue weighted by Gasteiger charge is -2.15. The minimum absolute atomic E-state index is 0.226. The van der Waals surface area contributed by atoms with Crippen molar-refractivity contribution in [1.82, 2.24) is 5.32 Å². The van der Waals surface area contributed by atoms with Crippen molar-refractivity contribution in [3.63, 3.8) is 0 Å². The molecule has 18 heavy (non-hydrogen) atoms. The van der Waals surface area contributed by atoms with Crippen LogP contribution < -0.4 is 19.5 Å². The average molecular weight is 270 g/mol. The van der Waals surface area contributed by atoms with Gasteiger partial charge in [0.2, 0.25) is 6.79 Å². The average Bonchev–Trinajstić information content (AvgIpc) is 3.00. The van der Waals surface area contributed by atoms with Gasteiger partial charge in [-0.2, -0.15) is 0 Å². The first kappa shape index (κ1) is 11.9. The molecule has 0 amide bonds. The molecule has 1 fully saturated rings. The SMILES string of the molecule is COc1c(CC2CCCN2)cc2c(c1Cl)OCO2. The number of hydrogen-bond donors (Lipinski definition) is 1. The van der Waals surface area contributed by atoms with Gasteiger partial charge in [-0.1, -0.05) is 11.6 Å². The summed E-state index contributed by atoms with van der Waals surface area (Å²) in [6.07, 6.45) is 3.32. The number of nitrogens with one attached hydrogen (secondary N) is 1. The summed E-state index contributed by atoms with van der Waals surface area (Å²) in [7, 11) is 1.63. The number of benzene rings is 1. The molecule has 0 bridgehead atoms. The smallest absolute Gasteiger partial charge is 0.231 e. The zero-order valence-electron chi connectivity index (χ0n) is 10.3. The summed E-state index contributed by atoms with van der Waals surface area (Å²) in [5.41, 5.74) is 1.08. The molecule has 1 atom stereocenters. The minimum Gasteiger partial charge on any atom is -0.495 e. The highest BCUT2D eigenvalue weighted by Gasteiger charge is 2.26. The molecule has 2 heterocycles. The Labute approximate surface area is 111 Å². The van der Waals surface area contributed by atoms with Crippen LogP contribution in [0.5, 0.6) is 17.2 Å². The molecule has 0 spiro atoms. The van der Waals surface area contributed by atoms with E-state index in [2.05, 4.69) is 5.32 Å². The van der Waals surface area contributed by atoms with Gasteiger partial charge in [0.15, 0.2) is 11.5 Å². The van der Waals surface area contributed by atoms with E-state index in [1.807, 2.05) is 6.07 Å². The normalized spacial score (nSPS) is 21.3. The number of hydrogen-bond acceptors (Lipinski definition) is 4. The minimum atomic E-state index is 0.226. The largest absolute Gasteiger partial charge is 0.495 e. The Hall–Kier alpha value is -1.13. The summed E-state index contributed by atoms with van der Waals surface area (Å²) in [6, 6.07) is 2.47. The van der Waals surface area contributed by atoms with E-state index in [9.17, 15) is 0 Å². The van der Waals surface area contributed by atoms with E-state index in [1.165, 1.54) is 12.8 Å². The fourth-order valence-corrected chi connectivity index (χ4v) is 2.95. The molecular weight excluding hydrogens is 254 g/mol. The second kappa shape index (κ2) is 4.86. The van der Waals surface area contributed by atoms with Crippen LogP contribution in [0.2, 0.25) is 5.02 Å². The van der Waals surface area contributed by atoms with Crippen molar-refractivity contribution in [3.05, 3.63) is 16.7 Å². The van der Waals surface area contributed by atoms with Crippen molar-refractivity contribution in [1.29, 1.82) is 0 Å². The van der Waals surface area contributed by atoms with E-state index < -0.39 is 0 Å². The molecule has 1 aromatic rings. The maximum Gasteiger partial charge on any atom is 0.231 e. The summed E-state index contributed by atoms with van der Waals surface area (Å²) in [4.78, 5) is 0. The maximum atomic E-state index is 6.29. The van der Waals surface area contributed by atoms with Gasteiger partial charge in [-0.3, -0.25) is 0 Å². The molecule has 1 unspecified atom stereocenters. The third-order valence-corrected chi connectivity index (χ3v) is 3.81. The standard InChI is InChI=1S/C13H16ClNO3/c1-16-12-8(5-9-3-2-4-15-9)6-10-13(11(12)14)18-7-17-10/h6,9,15H,2-5,7H2,1H3. The van der Waals surface area contributed by atoms with Gasteiger partial charge >= 0.3 is 0 Å². The van der Waals surface area contributed by atoms with Crippen molar-refractivity contribution < 1.29 is 14.2 Å². The van der Waals surface area contributed by atoms with E-state index >= 15 is 0 Å². The number of methoxy groups -OCH3 is 1. The van der Waals surface area contributed by atoms with Crippen LogP contribution in [0.1, 0.15) is 18.4 Å². The third-order valence-electron chi connectivity index (χ3n) is 3.47. The van der Waals surface area contributed by atoms with Crippen LogP contribution in [0.4, 0.5) is 0 Å². The van der Waals surface area contributed by atoms with E-state index in [4.69, 9.17) is 25.8 Å². The lowest BCUT2D eigenvalue weighted by molar-refractivity contribution is 0.174. The predicted molar refractivity (Wildman–Crippen MR) is 68.9 cm³/mol. The Morgan fingerprint density at radius 3 is 3.11 bits per heavy atom. The van der Waals surface area contributed by atoms with Crippen molar-refractivity contribution in [3.8, 4) is 17.2 Å². The number of halogens is 1. The highest BCUT2D eigenvalue weighted by molar-refractivity contribution is 6.34. The van der Waals surface area contributed by atoms with Crippen LogP contribution >= 0.6 is 11.6 Å². The number of ether oxygens (including phenoxy) is 3. The van der Waals surface area contributed by atoms with E-state index in [-0.39, 0.29) is 6.79 Å². The lowest BCUT2D eigenvalue weighted by atomic mass is 10.0.